The van der Waals surface area contributed by atoms with Gasteiger partial charge in [0.05, 0.1) is 33.4 Å². The van der Waals surface area contributed by atoms with E-state index < -0.39 is 16.9 Å². The Morgan fingerprint density at radius 2 is 2.06 bits per heavy atom. The van der Waals surface area contributed by atoms with E-state index in [0.717, 1.165) is 10.0 Å². The van der Waals surface area contributed by atoms with Crippen LogP contribution in [-0.2, 0) is 9.53 Å². The Hall–Kier alpha value is -3.37. The number of aromatic nitrogens is 1. The quantitative estimate of drug-likeness (QED) is 0.277. The number of ether oxygens (including phenoxy) is 1. The van der Waals surface area contributed by atoms with Crippen LogP contribution in [0.3, 0.4) is 0 Å². The fourth-order valence-electron chi connectivity index (χ4n) is 3.85. The Balaban J connectivity index is 2.00. The number of carbonyl (C=O) groups excluding carboxylic acids is 1. The molecule has 0 N–H and O–H groups in total. The molecule has 1 aliphatic heterocycles. The lowest BCUT2D eigenvalue weighted by Gasteiger charge is -2.24. The molecular weight excluding hydrogens is 522 g/mol. The van der Waals surface area contributed by atoms with Gasteiger partial charge in [-0.1, -0.05) is 51.5 Å². The third kappa shape index (κ3) is 4.38. The summed E-state index contributed by atoms with van der Waals surface area (Å²) in [7, 11) is 0. The molecule has 2 heterocycles. The molecule has 0 unspecified atom stereocenters. The summed E-state index contributed by atoms with van der Waals surface area (Å²) in [5, 5.41) is 11.6. The van der Waals surface area contributed by atoms with Crippen LogP contribution in [0.5, 0.6) is 0 Å². The number of esters is 1. The maximum absolute atomic E-state index is 13.6. The van der Waals surface area contributed by atoms with Crippen LogP contribution >= 0.6 is 27.3 Å². The predicted octanol–water partition coefficient (Wildman–Crippen LogP) is 3.78. The molecule has 1 aliphatic rings. The summed E-state index contributed by atoms with van der Waals surface area (Å²) in [6.45, 7) is 5.14. The summed E-state index contributed by atoms with van der Waals surface area (Å²) in [6, 6.07) is 11.3. The molecule has 3 aromatic rings. The third-order valence-electron chi connectivity index (χ3n) is 5.41. The van der Waals surface area contributed by atoms with Crippen molar-refractivity contribution in [2.24, 2.45) is 4.99 Å². The van der Waals surface area contributed by atoms with Gasteiger partial charge in [-0.15, -0.1) is 0 Å². The van der Waals surface area contributed by atoms with Gasteiger partial charge in [-0.25, -0.2) is 9.79 Å². The number of nitro groups is 1. The standard InChI is InChI=1S/C24H20BrN3O5S/c1-4-33-23(30)20-14(3)26-24-27(21(20)16-9-8-13(2)18(12-16)28(31)32)22(29)19(34-24)11-15-6-5-7-17(25)10-15/h5-12,21H,4H2,1-3H3/b19-11+/t21-/m0/s1. The number of halogens is 1. The molecule has 0 saturated heterocycles. The van der Waals surface area contributed by atoms with Crippen molar-refractivity contribution in [3.8, 4) is 0 Å². The molecule has 4 rings (SSSR count). The number of hydrogen-bond acceptors (Lipinski definition) is 7. The molecule has 0 spiro atoms. The molecule has 2 aromatic carbocycles. The largest absolute Gasteiger partial charge is 0.463 e. The first-order chi connectivity index (χ1) is 16.2. The van der Waals surface area contributed by atoms with E-state index in [2.05, 4.69) is 20.9 Å². The van der Waals surface area contributed by atoms with E-state index in [4.69, 9.17) is 4.74 Å². The van der Waals surface area contributed by atoms with E-state index >= 15 is 0 Å². The van der Waals surface area contributed by atoms with Gasteiger partial charge in [-0.05, 0) is 50.1 Å². The molecule has 34 heavy (non-hydrogen) atoms. The Kier molecular flexibility index (Phi) is 6.63. The third-order valence-corrected chi connectivity index (χ3v) is 6.89. The second-order valence-electron chi connectivity index (χ2n) is 7.66. The average Bonchev–Trinajstić information content (AvgIpc) is 3.07. The monoisotopic (exact) mass is 541 g/mol. The maximum atomic E-state index is 13.6. The average molecular weight is 542 g/mol. The molecule has 8 nitrogen and oxygen atoms in total. The lowest BCUT2D eigenvalue weighted by atomic mass is 9.94. The number of nitro benzene ring substituents is 1. The van der Waals surface area contributed by atoms with Crippen LogP contribution in [0, 0.1) is 17.0 Å². The van der Waals surface area contributed by atoms with Gasteiger partial charge in [-0.3, -0.25) is 19.5 Å². The maximum Gasteiger partial charge on any atom is 0.338 e. The first-order valence-corrected chi connectivity index (χ1v) is 12.0. The number of thiazole rings is 1. The highest BCUT2D eigenvalue weighted by molar-refractivity contribution is 9.10. The van der Waals surface area contributed by atoms with Gasteiger partial charge < -0.3 is 4.74 Å². The molecule has 10 heteroatoms. The summed E-state index contributed by atoms with van der Waals surface area (Å²) in [5.41, 5.74) is 1.89. The molecule has 0 saturated carbocycles. The molecule has 0 radical (unpaired) electrons. The smallest absolute Gasteiger partial charge is 0.338 e. The van der Waals surface area contributed by atoms with Gasteiger partial charge in [0.15, 0.2) is 4.80 Å². The highest BCUT2D eigenvalue weighted by atomic mass is 79.9. The van der Waals surface area contributed by atoms with Crippen molar-refractivity contribution in [2.75, 3.05) is 6.61 Å². The molecule has 0 bridgehead atoms. The molecule has 174 valence electrons. The summed E-state index contributed by atoms with van der Waals surface area (Å²) in [5.74, 6) is -0.613. The van der Waals surface area contributed by atoms with Gasteiger partial charge in [-0.2, -0.15) is 0 Å². The predicted molar refractivity (Wildman–Crippen MR) is 132 cm³/mol. The van der Waals surface area contributed by atoms with Crippen molar-refractivity contribution in [1.29, 1.82) is 0 Å². The number of aryl methyl sites for hydroxylation is 1. The van der Waals surface area contributed by atoms with E-state index in [1.54, 1.807) is 39.0 Å². The Morgan fingerprint density at radius 1 is 1.29 bits per heavy atom. The number of benzene rings is 2. The lowest BCUT2D eigenvalue weighted by Crippen LogP contribution is -2.40. The number of hydrogen-bond donors (Lipinski definition) is 0. The number of fused-ring (bicyclic) bond motifs is 1. The first-order valence-electron chi connectivity index (χ1n) is 10.4. The van der Waals surface area contributed by atoms with Crippen LogP contribution in [0.1, 0.15) is 36.6 Å². The van der Waals surface area contributed by atoms with Gasteiger partial charge >= 0.3 is 5.97 Å². The van der Waals surface area contributed by atoms with Crippen LogP contribution in [0.4, 0.5) is 5.69 Å². The highest BCUT2D eigenvalue weighted by Crippen LogP contribution is 2.33. The SMILES string of the molecule is CCOC(=O)C1=C(C)N=c2s/c(=C/c3cccc(Br)c3)c(=O)n2[C@H]1c1ccc(C)c([N+](=O)[O-])c1. The molecule has 0 amide bonds. The number of allylic oxidation sites excluding steroid dienone is 1. The van der Waals surface area contributed by atoms with Crippen LogP contribution in [0.15, 0.2) is 68.0 Å². The topological polar surface area (TPSA) is 104 Å². The summed E-state index contributed by atoms with van der Waals surface area (Å²) < 4.78 is 7.98. The molecule has 0 fully saturated rings. The molecular formula is C24H20BrN3O5S. The summed E-state index contributed by atoms with van der Waals surface area (Å²) in [6.07, 6.45) is 1.76. The van der Waals surface area contributed by atoms with Crippen molar-refractivity contribution in [3.05, 3.63) is 105 Å². The van der Waals surface area contributed by atoms with E-state index in [0.29, 0.717) is 26.2 Å². The second-order valence-corrected chi connectivity index (χ2v) is 9.59. The minimum absolute atomic E-state index is 0.0911. The van der Waals surface area contributed by atoms with Gasteiger partial charge in [0.1, 0.15) is 0 Å². The zero-order valence-corrected chi connectivity index (χ0v) is 21.0. The number of carbonyl (C=O) groups is 1. The van der Waals surface area contributed by atoms with Gasteiger partial charge in [0.2, 0.25) is 0 Å². The minimum atomic E-state index is -0.903. The first kappa shape index (κ1) is 23.8. The fourth-order valence-corrected chi connectivity index (χ4v) is 5.31. The lowest BCUT2D eigenvalue weighted by molar-refractivity contribution is -0.385. The van der Waals surface area contributed by atoms with E-state index in [1.165, 1.54) is 22.0 Å². The van der Waals surface area contributed by atoms with Crippen molar-refractivity contribution < 1.29 is 14.5 Å². The zero-order chi connectivity index (χ0) is 24.6. The molecule has 0 aliphatic carbocycles. The Bertz CT molecular complexity index is 1540. The Morgan fingerprint density at radius 3 is 2.74 bits per heavy atom. The Labute approximate surface area is 206 Å². The number of nitrogens with zero attached hydrogens (tertiary/aromatic N) is 3. The minimum Gasteiger partial charge on any atom is -0.463 e. The van der Waals surface area contributed by atoms with Crippen LogP contribution < -0.4 is 14.9 Å². The molecule has 1 atom stereocenters. The van der Waals surface area contributed by atoms with E-state index in [9.17, 15) is 19.7 Å². The fraction of sp³-hybridized carbons (Fsp3) is 0.208. The second kappa shape index (κ2) is 9.47. The van der Waals surface area contributed by atoms with E-state index in [1.807, 2.05) is 24.3 Å². The van der Waals surface area contributed by atoms with Crippen LogP contribution in [0.2, 0.25) is 0 Å². The van der Waals surface area contributed by atoms with Gasteiger partial charge in [0.25, 0.3) is 11.2 Å². The highest BCUT2D eigenvalue weighted by Gasteiger charge is 2.34. The summed E-state index contributed by atoms with van der Waals surface area (Å²) >= 11 is 4.63. The van der Waals surface area contributed by atoms with Crippen LogP contribution in [-0.4, -0.2) is 22.1 Å². The van der Waals surface area contributed by atoms with Crippen molar-refractivity contribution >= 4 is 45.0 Å². The van der Waals surface area contributed by atoms with Crippen molar-refractivity contribution in [2.45, 2.75) is 26.8 Å². The zero-order valence-electron chi connectivity index (χ0n) is 18.6. The summed E-state index contributed by atoms with van der Waals surface area (Å²) in [4.78, 5) is 42.5. The number of rotatable bonds is 5. The normalized spacial score (nSPS) is 15.6. The van der Waals surface area contributed by atoms with Gasteiger partial charge in [0, 0.05) is 16.1 Å². The van der Waals surface area contributed by atoms with Crippen molar-refractivity contribution in [3.63, 3.8) is 0 Å². The van der Waals surface area contributed by atoms with Crippen molar-refractivity contribution in [1.82, 2.24) is 4.57 Å². The van der Waals surface area contributed by atoms with E-state index in [-0.39, 0.29) is 23.4 Å². The van der Waals surface area contributed by atoms with Crippen LogP contribution in [0.25, 0.3) is 6.08 Å². The molecule has 1 aromatic heterocycles.